The van der Waals surface area contributed by atoms with Crippen molar-refractivity contribution in [1.82, 2.24) is 10.2 Å². The molecule has 1 saturated heterocycles. The van der Waals surface area contributed by atoms with Crippen molar-refractivity contribution in [2.75, 3.05) is 31.9 Å². The zero-order chi connectivity index (χ0) is 13.1. The van der Waals surface area contributed by atoms with Crippen molar-refractivity contribution in [2.24, 2.45) is 5.92 Å². The highest BCUT2D eigenvalue weighted by Crippen LogP contribution is 2.35. The molecular weight excluding hydrogens is 252 g/mol. The van der Waals surface area contributed by atoms with E-state index in [2.05, 4.69) is 41.4 Å². The molecule has 2 atom stereocenters. The highest BCUT2D eigenvalue weighted by Gasteiger charge is 2.24. The van der Waals surface area contributed by atoms with Crippen LogP contribution in [-0.4, -0.2) is 36.8 Å². The molecule has 2 nitrogen and oxygen atoms in total. The molecule has 3 rings (SSSR count). The number of rotatable bonds is 4. The molecule has 19 heavy (non-hydrogen) atoms. The number of nitrogens with one attached hydrogen (secondary N) is 1. The first-order chi connectivity index (χ1) is 9.36. The lowest BCUT2D eigenvalue weighted by Crippen LogP contribution is -2.31. The van der Waals surface area contributed by atoms with Gasteiger partial charge in [-0.3, -0.25) is 0 Å². The highest BCUT2D eigenvalue weighted by atomic mass is 32.2. The Balaban J connectivity index is 1.57. The fourth-order valence-electron chi connectivity index (χ4n) is 3.23. The van der Waals surface area contributed by atoms with Gasteiger partial charge >= 0.3 is 0 Å². The maximum absolute atomic E-state index is 3.82. The van der Waals surface area contributed by atoms with Crippen LogP contribution in [0.4, 0.5) is 0 Å². The van der Waals surface area contributed by atoms with E-state index in [9.17, 15) is 0 Å². The van der Waals surface area contributed by atoms with E-state index in [1.807, 2.05) is 11.8 Å². The molecule has 2 heterocycles. The second-order valence-electron chi connectivity index (χ2n) is 5.68. The first-order valence-corrected chi connectivity index (χ1v) is 8.53. The Kier molecular flexibility index (Phi) is 4.46. The molecule has 0 amide bonds. The third-order valence-electron chi connectivity index (χ3n) is 4.43. The van der Waals surface area contributed by atoms with Crippen molar-refractivity contribution >= 4 is 11.8 Å². The molecule has 3 heteroatoms. The van der Waals surface area contributed by atoms with Gasteiger partial charge in [-0.1, -0.05) is 25.1 Å². The molecule has 1 N–H and O–H groups in total. The fraction of sp³-hybridized carbons (Fsp3) is 0.625. The summed E-state index contributed by atoms with van der Waals surface area (Å²) in [6.07, 6.45) is 2.63. The zero-order valence-corrected chi connectivity index (χ0v) is 12.6. The van der Waals surface area contributed by atoms with Gasteiger partial charge in [-0.05, 0) is 55.8 Å². The molecule has 0 saturated carbocycles. The summed E-state index contributed by atoms with van der Waals surface area (Å²) < 4.78 is 0. The maximum Gasteiger partial charge on any atom is 0.0339 e. The van der Waals surface area contributed by atoms with E-state index in [1.54, 1.807) is 0 Å². The molecule has 2 aliphatic heterocycles. The number of likely N-dealkylation sites (tertiary alicyclic amines) is 1. The summed E-state index contributed by atoms with van der Waals surface area (Å²) in [4.78, 5) is 4.05. The Morgan fingerprint density at radius 3 is 3.05 bits per heavy atom. The number of hydrogen-bond donors (Lipinski definition) is 1. The molecule has 1 aromatic rings. The van der Waals surface area contributed by atoms with Gasteiger partial charge in [0.1, 0.15) is 0 Å². The summed E-state index contributed by atoms with van der Waals surface area (Å²) in [5.41, 5.74) is 1.52. The van der Waals surface area contributed by atoms with Gasteiger partial charge in [0.15, 0.2) is 0 Å². The van der Waals surface area contributed by atoms with Gasteiger partial charge in [-0.2, -0.15) is 0 Å². The van der Waals surface area contributed by atoms with Crippen LogP contribution in [0.5, 0.6) is 0 Å². The van der Waals surface area contributed by atoms with Crippen molar-refractivity contribution in [3.05, 3.63) is 29.8 Å². The molecule has 0 radical (unpaired) electrons. The van der Waals surface area contributed by atoms with Crippen LogP contribution >= 0.6 is 11.8 Å². The monoisotopic (exact) mass is 276 g/mol. The van der Waals surface area contributed by atoms with E-state index in [0.29, 0.717) is 6.04 Å². The van der Waals surface area contributed by atoms with E-state index in [1.165, 1.54) is 55.2 Å². The van der Waals surface area contributed by atoms with Crippen LogP contribution in [0.2, 0.25) is 0 Å². The van der Waals surface area contributed by atoms with E-state index in [-0.39, 0.29) is 0 Å². The Morgan fingerprint density at radius 2 is 2.21 bits per heavy atom. The highest BCUT2D eigenvalue weighted by molar-refractivity contribution is 7.99. The van der Waals surface area contributed by atoms with Gasteiger partial charge in [0.2, 0.25) is 0 Å². The van der Waals surface area contributed by atoms with Gasteiger partial charge in [0.25, 0.3) is 0 Å². The molecule has 0 aliphatic carbocycles. The number of thioether (sulfide) groups is 1. The third-order valence-corrected chi connectivity index (χ3v) is 5.55. The third kappa shape index (κ3) is 3.15. The Labute approximate surface area is 121 Å². The van der Waals surface area contributed by atoms with Crippen LogP contribution in [-0.2, 0) is 0 Å². The van der Waals surface area contributed by atoms with E-state index in [4.69, 9.17) is 0 Å². The molecule has 0 aromatic heterocycles. The van der Waals surface area contributed by atoms with Crippen LogP contribution in [0.25, 0.3) is 0 Å². The largest absolute Gasteiger partial charge is 0.310 e. The lowest BCUT2D eigenvalue weighted by atomic mass is 10.0. The van der Waals surface area contributed by atoms with Gasteiger partial charge in [0, 0.05) is 17.5 Å². The minimum Gasteiger partial charge on any atom is -0.310 e. The quantitative estimate of drug-likeness (QED) is 0.909. The molecule has 2 aliphatic rings. The van der Waals surface area contributed by atoms with Gasteiger partial charge in [0.05, 0.1) is 0 Å². The zero-order valence-electron chi connectivity index (χ0n) is 11.8. The summed E-state index contributed by atoms with van der Waals surface area (Å²) in [6, 6.07) is 9.47. The van der Waals surface area contributed by atoms with Crippen LogP contribution < -0.4 is 5.32 Å². The van der Waals surface area contributed by atoms with Crippen LogP contribution in [0.1, 0.15) is 31.4 Å². The number of nitrogens with zero attached hydrogens (tertiary/aromatic N) is 1. The predicted molar refractivity (Wildman–Crippen MR) is 82.7 cm³/mol. The van der Waals surface area contributed by atoms with Crippen molar-refractivity contribution in [2.45, 2.75) is 30.7 Å². The predicted octanol–water partition coefficient (Wildman–Crippen LogP) is 3.15. The van der Waals surface area contributed by atoms with E-state index >= 15 is 0 Å². The average molecular weight is 276 g/mol. The van der Waals surface area contributed by atoms with Crippen LogP contribution in [0, 0.1) is 5.92 Å². The molecule has 0 bridgehead atoms. The van der Waals surface area contributed by atoms with Gasteiger partial charge < -0.3 is 10.2 Å². The average Bonchev–Trinajstić information content (AvgIpc) is 2.93. The van der Waals surface area contributed by atoms with Gasteiger partial charge in [-0.25, -0.2) is 0 Å². The Morgan fingerprint density at radius 1 is 1.32 bits per heavy atom. The summed E-state index contributed by atoms with van der Waals surface area (Å²) in [6.45, 7) is 7.23. The second-order valence-corrected chi connectivity index (χ2v) is 6.82. The minimum absolute atomic E-state index is 0.577. The summed E-state index contributed by atoms with van der Waals surface area (Å²) in [7, 11) is 0. The lowest BCUT2D eigenvalue weighted by Gasteiger charge is -2.27. The smallest absolute Gasteiger partial charge is 0.0339 e. The summed E-state index contributed by atoms with van der Waals surface area (Å²) in [5.74, 6) is 2.10. The van der Waals surface area contributed by atoms with Crippen molar-refractivity contribution < 1.29 is 0 Å². The van der Waals surface area contributed by atoms with E-state index < -0.39 is 0 Å². The van der Waals surface area contributed by atoms with Crippen LogP contribution in [0.15, 0.2) is 29.2 Å². The summed E-state index contributed by atoms with van der Waals surface area (Å²) >= 11 is 2.01. The van der Waals surface area contributed by atoms with Crippen molar-refractivity contribution in [3.63, 3.8) is 0 Å². The molecule has 2 unspecified atom stereocenters. The minimum atomic E-state index is 0.577. The first kappa shape index (κ1) is 13.5. The number of hydrogen-bond acceptors (Lipinski definition) is 3. The fourth-order valence-corrected chi connectivity index (χ4v) is 4.35. The standard InChI is InChI=1S/C16H24N2S/c1-2-18-9-7-13(12-18)11-17-15-8-10-19-16-6-4-3-5-14(15)16/h3-6,13,15,17H,2,7-12H2,1H3. The summed E-state index contributed by atoms with van der Waals surface area (Å²) in [5, 5.41) is 3.82. The van der Waals surface area contributed by atoms with Crippen LogP contribution in [0.3, 0.4) is 0 Å². The lowest BCUT2D eigenvalue weighted by molar-refractivity contribution is 0.334. The molecule has 0 spiro atoms. The Bertz CT molecular complexity index is 421. The molecule has 1 aromatic carbocycles. The van der Waals surface area contributed by atoms with E-state index in [0.717, 1.165) is 5.92 Å². The normalized spacial score (nSPS) is 27.4. The topological polar surface area (TPSA) is 15.3 Å². The molecule has 1 fully saturated rings. The maximum atomic E-state index is 3.82. The van der Waals surface area contributed by atoms with Gasteiger partial charge in [-0.15, -0.1) is 11.8 Å². The first-order valence-electron chi connectivity index (χ1n) is 7.54. The SMILES string of the molecule is CCN1CCC(CNC2CCSc3ccccc32)C1. The van der Waals surface area contributed by atoms with Crippen molar-refractivity contribution in [1.29, 1.82) is 0 Å². The van der Waals surface area contributed by atoms with Crippen molar-refractivity contribution in [3.8, 4) is 0 Å². The molecular formula is C16H24N2S. The molecule has 104 valence electrons. The number of fused-ring (bicyclic) bond motifs is 1. The number of benzene rings is 1. The second kappa shape index (κ2) is 6.29. The Hall–Kier alpha value is -0.510.